The van der Waals surface area contributed by atoms with Gasteiger partial charge in [-0.15, -0.1) is 0 Å². The van der Waals surface area contributed by atoms with Gasteiger partial charge in [0.05, 0.1) is 12.6 Å². The molecule has 0 aliphatic rings. The molecule has 2 N–H and O–H groups in total. The van der Waals surface area contributed by atoms with Gasteiger partial charge in [0.2, 0.25) is 0 Å². The molecule has 5 heteroatoms. The molecule has 0 heterocycles. The molecule has 0 fully saturated rings. The Bertz CT molecular complexity index is 772. The number of amides is 1. The summed E-state index contributed by atoms with van der Waals surface area (Å²) in [4.78, 5) is 14.5. The fourth-order valence-corrected chi connectivity index (χ4v) is 3.29. The van der Waals surface area contributed by atoms with Crippen molar-refractivity contribution in [2.24, 2.45) is 5.92 Å². The predicted molar refractivity (Wildman–Crippen MR) is 126 cm³/mol. The number of rotatable bonds is 10. The van der Waals surface area contributed by atoms with E-state index >= 15 is 0 Å². The largest absolute Gasteiger partial charge is 0.444 e. The maximum Gasteiger partial charge on any atom is 0.410 e. The minimum absolute atomic E-state index is 0.175. The lowest BCUT2D eigenvalue weighted by Crippen LogP contribution is -2.50. The number of nitrogens with one attached hydrogen (secondary N) is 1. The zero-order chi connectivity index (χ0) is 22.9. The van der Waals surface area contributed by atoms with Gasteiger partial charge in [0.15, 0.2) is 0 Å². The number of nitrogens with zero attached hydrogens (tertiary/aromatic N) is 1. The van der Waals surface area contributed by atoms with E-state index in [0.717, 1.165) is 17.7 Å². The number of carbonyl (C=O) groups excluding carboxylic acids is 1. The molecule has 0 radical (unpaired) electrons. The van der Waals surface area contributed by atoms with Gasteiger partial charge in [-0.1, -0.05) is 74.5 Å². The van der Waals surface area contributed by atoms with E-state index in [-0.39, 0.29) is 12.6 Å². The fraction of sp³-hybridized carbons (Fsp3) is 0.500. The Morgan fingerprint density at radius 1 is 1.00 bits per heavy atom. The van der Waals surface area contributed by atoms with E-state index < -0.39 is 17.8 Å². The van der Waals surface area contributed by atoms with Crippen molar-refractivity contribution in [3.05, 3.63) is 71.8 Å². The van der Waals surface area contributed by atoms with Gasteiger partial charge in [0.25, 0.3) is 0 Å². The van der Waals surface area contributed by atoms with Crippen LogP contribution in [-0.2, 0) is 17.7 Å². The number of hydrogen-bond donors (Lipinski definition) is 2. The molecule has 2 aromatic carbocycles. The van der Waals surface area contributed by atoms with Crippen molar-refractivity contribution in [3.63, 3.8) is 0 Å². The van der Waals surface area contributed by atoms with Crippen molar-refractivity contribution in [2.75, 3.05) is 13.1 Å². The van der Waals surface area contributed by atoms with Gasteiger partial charge in [0.1, 0.15) is 5.60 Å². The van der Waals surface area contributed by atoms with Crippen molar-refractivity contribution < 1.29 is 14.6 Å². The topological polar surface area (TPSA) is 61.8 Å². The van der Waals surface area contributed by atoms with Crippen LogP contribution in [0.4, 0.5) is 4.79 Å². The van der Waals surface area contributed by atoms with E-state index in [0.29, 0.717) is 18.9 Å². The molecule has 2 aromatic rings. The van der Waals surface area contributed by atoms with E-state index in [1.54, 1.807) is 4.90 Å². The third-order valence-electron chi connectivity index (χ3n) is 4.83. The van der Waals surface area contributed by atoms with Crippen LogP contribution < -0.4 is 5.32 Å². The summed E-state index contributed by atoms with van der Waals surface area (Å²) in [5.74, 6) is 0.455. The molecule has 0 unspecified atom stereocenters. The molecule has 0 aromatic heterocycles. The predicted octanol–water partition coefficient (Wildman–Crippen LogP) is 4.64. The summed E-state index contributed by atoms with van der Waals surface area (Å²) in [5, 5.41) is 14.7. The van der Waals surface area contributed by atoms with Crippen LogP contribution in [0.3, 0.4) is 0 Å². The monoisotopic (exact) mass is 426 g/mol. The van der Waals surface area contributed by atoms with Crippen LogP contribution in [0, 0.1) is 5.92 Å². The quantitative estimate of drug-likeness (QED) is 0.581. The molecule has 2 atom stereocenters. The van der Waals surface area contributed by atoms with Crippen LogP contribution >= 0.6 is 0 Å². The summed E-state index contributed by atoms with van der Waals surface area (Å²) in [5.41, 5.74) is 1.54. The van der Waals surface area contributed by atoms with Crippen molar-refractivity contribution >= 4 is 6.09 Å². The number of benzene rings is 2. The van der Waals surface area contributed by atoms with Gasteiger partial charge in [0, 0.05) is 12.6 Å². The molecule has 0 bridgehead atoms. The Balaban J connectivity index is 2.17. The van der Waals surface area contributed by atoms with Gasteiger partial charge >= 0.3 is 6.09 Å². The Morgan fingerprint density at radius 3 is 2.06 bits per heavy atom. The molecule has 0 saturated carbocycles. The molecule has 5 nitrogen and oxygen atoms in total. The smallest absolute Gasteiger partial charge is 0.410 e. The highest BCUT2D eigenvalue weighted by atomic mass is 16.6. The number of aliphatic hydroxyl groups is 1. The summed E-state index contributed by atoms with van der Waals surface area (Å²) in [6, 6.07) is 19.7. The highest BCUT2D eigenvalue weighted by Crippen LogP contribution is 2.15. The Labute approximate surface area is 187 Å². The van der Waals surface area contributed by atoms with Gasteiger partial charge < -0.3 is 20.1 Å². The second-order valence-corrected chi connectivity index (χ2v) is 9.51. The molecule has 0 aliphatic heterocycles. The zero-order valence-corrected chi connectivity index (χ0v) is 19.5. The van der Waals surface area contributed by atoms with Crippen LogP contribution in [0.5, 0.6) is 0 Å². The zero-order valence-electron chi connectivity index (χ0n) is 19.5. The average Bonchev–Trinajstić information content (AvgIpc) is 2.70. The maximum absolute atomic E-state index is 12.9. The Hall–Kier alpha value is -2.37. The Morgan fingerprint density at radius 2 is 1.55 bits per heavy atom. The number of carbonyl (C=O) groups is 1. The highest BCUT2D eigenvalue weighted by molar-refractivity contribution is 5.68. The molecule has 31 heavy (non-hydrogen) atoms. The lowest BCUT2D eigenvalue weighted by Gasteiger charge is -2.32. The summed E-state index contributed by atoms with van der Waals surface area (Å²) < 4.78 is 5.62. The van der Waals surface area contributed by atoms with Crippen LogP contribution in [0.2, 0.25) is 0 Å². The third-order valence-corrected chi connectivity index (χ3v) is 4.83. The second kappa shape index (κ2) is 11.9. The summed E-state index contributed by atoms with van der Waals surface area (Å²) >= 11 is 0. The van der Waals surface area contributed by atoms with E-state index in [2.05, 4.69) is 31.3 Å². The van der Waals surface area contributed by atoms with E-state index in [1.807, 2.05) is 69.3 Å². The van der Waals surface area contributed by atoms with Gasteiger partial charge in [-0.2, -0.15) is 0 Å². The molecule has 170 valence electrons. The Kier molecular flexibility index (Phi) is 9.53. The summed E-state index contributed by atoms with van der Waals surface area (Å²) in [7, 11) is 0. The van der Waals surface area contributed by atoms with Crippen molar-refractivity contribution in [1.29, 1.82) is 0 Å². The van der Waals surface area contributed by atoms with Crippen molar-refractivity contribution in [1.82, 2.24) is 10.2 Å². The number of aliphatic hydroxyl groups excluding tert-OH is 1. The second-order valence-electron chi connectivity index (χ2n) is 9.51. The molecule has 1 amide bonds. The first-order valence-electron chi connectivity index (χ1n) is 11.1. The maximum atomic E-state index is 12.9. The summed E-state index contributed by atoms with van der Waals surface area (Å²) in [6.07, 6.45) is -0.477. The normalized spacial score (nSPS) is 13.6. The van der Waals surface area contributed by atoms with Crippen LogP contribution in [0.1, 0.15) is 45.7 Å². The molecular weight excluding hydrogens is 388 g/mol. The molecule has 2 rings (SSSR count). The fourth-order valence-electron chi connectivity index (χ4n) is 3.29. The van der Waals surface area contributed by atoms with Gasteiger partial charge in [-0.3, -0.25) is 0 Å². The van der Waals surface area contributed by atoms with Crippen LogP contribution in [0.15, 0.2) is 60.7 Å². The molecule has 0 spiro atoms. The number of ether oxygens (including phenoxy) is 1. The lowest BCUT2D eigenvalue weighted by atomic mass is 10.00. The highest BCUT2D eigenvalue weighted by Gasteiger charge is 2.28. The van der Waals surface area contributed by atoms with Crippen molar-refractivity contribution in [3.8, 4) is 0 Å². The third kappa shape index (κ3) is 9.53. The standard InChI is InChI=1S/C26H38N2O3/c1-20(2)17-27-23(16-21-12-8-6-9-13-21)24(29)19-28(25(30)31-26(3,4)5)18-22-14-10-7-11-15-22/h6-15,20,23-24,27,29H,16-19H2,1-5H3/t23-,24-/m0/s1. The first kappa shape index (κ1) is 24.9. The first-order chi connectivity index (χ1) is 14.6. The van der Waals surface area contributed by atoms with E-state index in [1.165, 1.54) is 0 Å². The van der Waals surface area contributed by atoms with E-state index in [9.17, 15) is 9.90 Å². The number of hydrogen-bond acceptors (Lipinski definition) is 4. The van der Waals surface area contributed by atoms with Gasteiger partial charge in [-0.25, -0.2) is 4.79 Å². The minimum atomic E-state index is -0.741. The molecular formula is C26H38N2O3. The van der Waals surface area contributed by atoms with Gasteiger partial charge in [-0.05, 0) is 50.8 Å². The van der Waals surface area contributed by atoms with Crippen molar-refractivity contribution in [2.45, 2.75) is 65.3 Å². The van der Waals surface area contributed by atoms with E-state index in [4.69, 9.17) is 4.74 Å². The average molecular weight is 427 g/mol. The van der Waals surface area contributed by atoms with Crippen LogP contribution in [0.25, 0.3) is 0 Å². The first-order valence-corrected chi connectivity index (χ1v) is 11.1. The lowest BCUT2D eigenvalue weighted by molar-refractivity contribution is 0.00803. The summed E-state index contributed by atoms with van der Waals surface area (Å²) in [6.45, 7) is 11.2. The molecule has 0 saturated heterocycles. The van der Waals surface area contributed by atoms with Crippen LogP contribution in [-0.4, -0.2) is 46.9 Å². The minimum Gasteiger partial charge on any atom is -0.444 e. The molecule has 0 aliphatic carbocycles. The SMILES string of the molecule is CC(C)CN[C@@H](Cc1ccccc1)[C@@H](O)CN(Cc1ccccc1)C(=O)OC(C)(C)C.